The van der Waals surface area contributed by atoms with Gasteiger partial charge in [-0.05, 0) is 23.6 Å². The molecule has 0 radical (unpaired) electrons. The maximum absolute atomic E-state index is 12.1. The molecule has 2 aromatic heterocycles. The fourth-order valence-corrected chi connectivity index (χ4v) is 1.66. The van der Waals surface area contributed by atoms with Crippen LogP contribution < -0.4 is 10.6 Å². The fourth-order valence-electron chi connectivity index (χ4n) is 1.66. The van der Waals surface area contributed by atoms with E-state index in [9.17, 15) is 4.79 Å². The van der Waals surface area contributed by atoms with Gasteiger partial charge in [-0.2, -0.15) is 0 Å². The second-order valence-corrected chi connectivity index (χ2v) is 5.10. The number of hydrogen-bond acceptors (Lipinski definition) is 5. The molecule has 0 spiro atoms. The third-order valence-corrected chi connectivity index (χ3v) is 2.79. The number of hydrogen-bond donors (Lipinski definition) is 2. The highest BCUT2D eigenvalue weighted by atomic mass is 16.1. The van der Waals surface area contributed by atoms with Crippen molar-refractivity contribution in [2.75, 3.05) is 11.9 Å². The van der Waals surface area contributed by atoms with E-state index in [-0.39, 0.29) is 5.91 Å². The Morgan fingerprint density at radius 2 is 2.00 bits per heavy atom. The van der Waals surface area contributed by atoms with Crippen LogP contribution in [0.5, 0.6) is 0 Å². The van der Waals surface area contributed by atoms with Gasteiger partial charge in [-0.3, -0.25) is 9.78 Å². The molecule has 21 heavy (non-hydrogen) atoms. The van der Waals surface area contributed by atoms with Crippen LogP contribution >= 0.6 is 0 Å². The van der Waals surface area contributed by atoms with E-state index in [1.54, 1.807) is 18.5 Å². The highest BCUT2D eigenvalue weighted by molar-refractivity contribution is 5.92. The molecule has 0 fully saturated rings. The van der Waals surface area contributed by atoms with Crippen molar-refractivity contribution in [1.82, 2.24) is 20.3 Å². The molecule has 0 aliphatic carbocycles. The molecule has 0 saturated heterocycles. The largest absolute Gasteiger partial charge is 0.370 e. The van der Waals surface area contributed by atoms with Crippen LogP contribution in [0.3, 0.4) is 0 Å². The molecular weight excluding hydrogens is 266 g/mol. The predicted octanol–water partition coefficient (Wildman–Crippen LogP) is 1.87. The Kier molecular flexibility index (Phi) is 5.20. The average Bonchev–Trinajstić information content (AvgIpc) is 2.52. The van der Waals surface area contributed by atoms with Gasteiger partial charge in [-0.25, -0.2) is 9.97 Å². The lowest BCUT2D eigenvalue weighted by Gasteiger charge is -2.09. The van der Waals surface area contributed by atoms with Crippen LogP contribution in [0.25, 0.3) is 0 Å². The molecule has 2 heterocycles. The number of rotatable bonds is 6. The van der Waals surface area contributed by atoms with Crippen LogP contribution in [0.1, 0.15) is 29.9 Å². The van der Waals surface area contributed by atoms with E-state index in [1.807, 2.05) is 12.1 Å². The minimum absolute atomic E-state index is 0.221. The molecule has 6 heteroatoms. The smallest absolute Gasteiger partial charge is 0.270 e. The van der Waals surface area contributed by atoms with E-state index in [2.05, 4.69) is 39.4 Å². The van der Waals surface area contributed by atoms with Gasteiger partial charge in [0.05, 0.1) is 0 Å². The maximum Gasteiger partial charge on any atom is 0.270 e. The Bertz CT molecular complexity index is 586. The molecule has 0 unspecified atom stereocenters. The van der Waals surface area contributed by atoms with Crippen molar-refractivity contribution < 1.29 is 4.79 Å². The second-order valence-electron chi connectivity index (χ2n) is 5.10. The van der Waals surface area contributed by atoms with Gasteiger partial charge in [-0.1, -0.05) is 13.8 Å². The number of anilines is 1. The zero-order chi connectivity index (χ0) is 15.1. The van der Waals surface area contributed by atoms with Gasteiger partial charge in [0.25, 0.3) is 5.91 Å². The van der Waals surface area contributed by atoms with Crippen molar-refractivity contribution >= 4 is 11.7 Å². The first-order valence-corrected chi connectivity index (χ1v) is 6.88. The number of carbonyl (C=O) groups is 1. The summed E-state index contributed by atoms with van der Waals surface area (Å²) in [4.78, 5) is 24.1. The summed E-state index contributed by atoms with van der Waals surface area (Å²) in [5, 5.41) is 6.00. The molecule has 2 aromatic rings. The summed E-state index contributed by atoms with van der Waals surface area (Å²) in [5.41, 5.74) is 1.34. The van der Waals surface area contributed by atoms with Crippen molar-refractivity contribution in [2.24, 2.45) is 5.92 Å². The highest BCUT2D eigenvalue weighted by Gasteiger charge is 2.08. The Morgan fingerprint density at radius 3 is 2.71 bits per heavy atom. The Hall–Kier alpha value is -2.50. The Labute approximate surface area is 124 Å². The first kappa shape index (κ1) is 14.9. The lowest BCUT2D eigenvalue weighted by molar-refractivity contribution is 0.0946. The summed E-state index contributed by atoms with van der Waals surface area (Å²) in [6, 6.07) is 5.37. The lowest BCUT2D eigenvalue weighted by atomic mass is 10.2. The molecule has 0 aliphatic rings. The van der Waals surface area contributed by atoms with Gasteiger partial charge in [0, 0.05) is 31.5 Å². The number of nitrogens with zero attached hydrogens (tertiary/aromatic N) is 3. The average molecular weight is 285 g/mol. The Balaban J connectivity index is 1.94. The van der Waals surface area contributed by atoms with Gasteiger partial charge in [-0.15, -0.1) is 0 Å². The molecule has 2 rings (SSSR count). The van der Waals surface area contributed by atoms with Crippen LogP contribution in [-0.4, -0.2) is 27.4 Å². The number of pyridine rings is 1. The maximum atomic E-state index is 12.1. The van der Waals surface area contributed by atoms with E-state index >= 15 is 0 Å². The third-order valence-electron chi connectivity index (χ3n) is 2.79. The van der Waals surface area contributed by atoms with Crippen molar-refractivity contribution in [3.8, 4) is 0 Å². The molecule has 0 aliphatic heterocycles. The summed E-state index contributed by atoms with van der Waals surface area (Å²) >= 11 is 0. The first-order chi connectivity index (χ1) is 10.1. The standard InChI is InChI=1S/C15H19N5O/c1-11(2)8-17-14-7-13(19-10-20-14)15(21)18-9-12-3-5-16-6-4-12/h3-7,10-11H,8-9H2,1-2H3,(H,18,21)(H,17,19,20). The molecular formula is C15H19N5O. The number of nitrogens with one attached hydrogen (secondary N) is 2. The van der Waals surface area contributed by atoms with Gasteiger partial charge >= 0.3 is 0 Å². The molecule has 2 N–H and O–H groups in total. The van der Waals surface area contributed by atoms with Gasteiger partial charge < -0.3 is 10.6 Å². The van der Waals surface area contributed by atoms with Crippen molar-refractivity contribution in [3.63, 3.8) is 0 Å². The predicted molar refractivity (Wildman–Crippen MR) is 80.8 cm³/mol. The number of amides is 1. The van der Waals surface area contributed by atoms with Gasteiger partial charge in [0.2, 0.25) is 0 Å². The zero-order valence-electron chi connectivity index (χ0n) is 12.2. The summed E-state index contributed by atoms with van der Waals surface area (Å²) in [6.45, 7) is 5.46. The molecule has 110 valence electrons. The second kappa shape index (κ2) is 7.33. The minimum atomic E-state index is -0.221. The first-order valence-electron chi connectivity index (χ1n) is 6.88. The lowest BCUT2D eigenvalue weighted by Crippen LogP contribution is -2.24. The molecule has 0 atom stereocenters. The van der Waals surface area contributed by atoms with E-state index in [4.69, 9.17) is 0 Å². The number of aromatic nitrogens is 3. The van der Waals surface area contributed by atoms with Crippen molar-refractivity contribution in [1.29, 1.82) is 0 Å². The summed E-state index contributed by atoms with van der Waals surface area (Å²) in [5.74, 6) is 0.943. The topological polar surface area (TPSA) is 79.8 Å². The molecule has 0 bridgehead atoms. The van der Waals surface area contributed by atoms with Crippen LogP contribution in [0.2, 0.25) is 0 Å². The van der Waals surface area contributed by atoms with E-state index in [0.29, 0.717) is 24.0 Å². The van der Waals surface area contributed by atoms with Crippen LogP contribution in [0.4, 0.5) is 5.82 Å². The normalized spacial score (nSPS) is 10.4. The van der Waals surface area contributed by atoms with E-state index in [0.717, 1.165) is 12.1 Å². The summed E-state index contributed by atoms with van der Waals surface area (Å²) in [7, 11) is 0. The summed E-state index contributed by atoms with van der Waals surface area (Å²) < 4.78 is 0. The Morgan fingerprint density at radius 1 is 1.24 bits per heavy atom. The third kappa shape index (κ3) is 4.83. The fraction of sp³-hybridized carbons (Fsp3) is 0.333. The molecule has 0 aromatic carbocycles. The van der Waals surface area contributed by atoms with Crippen LogP contribution in [0.15, 0.2) is 36.9 Å². The quantitative estimate of drug-likeness (QED) is 0.847. The van der Waals surface area contributed by atoms with Crippen LogP contribution in [-0.2, 0) is 6.54 Å². The van der Waals surface area contributed by atoms with Crippen molar-refractivity contribution in [3.05, 3.63) is 48.2 Å². The molecule has 0 saturated carbocycles. The SMILES string of the molecule is CC(C)CNc1cc(C(=O)NCc2ccncc2)ncn1. The van der Waals surface area contributed by atoms with Crippen LogP contribution in [0, 0.1) is 5.92 Å². The van der Waals surface area contributed by atoms with Gasteiger partial charge in [0.15, 0.2) is 0 Å². The van der Waals surface area contributed by atoms with Gasteiger partial charge in [0.1, 0.15) is 17.8 Å². The molecule has 6 nitrogen and oxygen atoms in total. The monoisotopic (exact) mass is 285 g/mol. The van der Waals surface area contributed by atoms with E-state index < -0.39 is 0 Å². The molecule has 1 amide bonds. The highest BCUT2D eigenvalue weighted by Crippen LogP contribution is 2.05. The zero-order valence-corrected chi connectivity index (χ0v) is 12.2. The van der Waals surface area contributed by atoms with E-state index in [1.165, 1.54) is 6.33 Å². The van der Waals surface area contributed by atoms with Crippen molar-refractivity contribution in [2.45, 2.75) is 20.4 Å². The number of carbonyl (C=O) groups excluding carboxylic acids is 1. The summed E-state index contributed by atoms with van der Waals surface area (Å²) in [6.07, 6.45) is 4.78. The minimum Gasteiger partial charge on any atom is -0.370 e.